The first-order valence-corrected chi connectivity index (χ1v) is 9.18. The van der Waals surface area contributed by atoms with Gasteiger partial charge in [-0.15, -0.1) is 0 Å². The first-order chi connectivity index (χ1) is 14.5. The molecule has 8 nitrogen and oxygen atoms in total. The van der Waals surface area contributed by atoms with Crippen LogP contribution in [0.4, 0.5) is 17.1 Å². The SMILES string of the molecule is O=C(Nc1ccc2c(c1)N(Cc1ccccc1)C(=O)CO2)c1ccc([N+](=O)[O-])cc1. The Kier molecular flexibility index (Phi) is 5.13. The van der Waals surface area contributed by atoms with Crippen LogP contribution in [0.15, 0.2) is 72.8 Å². The summed E-state index contributed by atoms with van der Waals surface area (Å²) >= 11 is 0. The lowest BCUT2D eigenvalue weighted by Crippen LogP contribution is -2.38. The Bertz CT molecular complexity index is 1110. The number of anilines is 2. The summed E-state index contributed by atoms with van der Waals surface area (Å²) in [4.78, 5) is 36.8. The van der Waals surface area contributed by atoms with Gasteiger partial charge in [-0.05, 0) is 35.9 Å². The molecule has 0 unspecified atom stereocenters. The van der Waals surface area contributed by atoms with Gasteiger partial charge in [-0.25, -0.2) is 0 Å². The summed E-state index contributed by atoms with van der Waals surface area (Å²) in [6.07, 6.45) is 0. The second kappa shape index (κ2) is 8.04. The van der Waals surface area contributed by atoms with Gasteiger partial charge in [-0.2, -0.15) is 0 Å². The molecule has 30 heavy (non-hydrogen) atoms. The van der Waals surface area contributed by atoms with Gasteiger partial charge in [0.2, 0.25) is 0 Å². The fraction of sp³-hybridized carbons (Fsp3) is 0.0909. The van der Waals surface area contributed by atoms with Crippen molar-refractivity contribution in [1.29, 1.82) is 0 Å². The monoisotopic (exact) mass is 403 g/mol. The molecule has 0 fully saturated rings. The van der Waals surface area contributed by atoms with Crippen LogP contribution in [0.1, 0.15) is 15.9 Å². The van der Waals surface area contributed by atoms with Crippen molar-refractivity contribution in [2.75, 3.05) is 16.8 Å². The van der Waals surface area contributed by atoms with Crippen LogP contribution in [0.5, 0.6) is 5.75 Å². The molecule has 0 saturated heterocycles. The standard InChI is InChI=1S/C22H17N3O5/c26-21-14-30-20-11-8-17(12-19(20)24(21)13-15-4-2-1-3-5-15)23-22(27)16-6-9-18(10-7-16)25(28)29/h1-12H,13-14H2,(H,23,27). The van der Waals surface area contributed by atoms with E-state index in [9.17, 15) is 19.7 Å². The predicted octanol–water partition coefficient (Wildman–Crippen LogP) is 3.77. The first kappa shape index (κ1) is 19.1. The quantitative estimate of drug-likeness (QED) is 0.516. The second-order valence-corrected chi connectivity index (χ2v) is 6.69. The molecule has 3 aromatic rings. The van der Waals surface area contributed by atoms with Crippen molar-refractivity contribution in [2.24, 2.45) is 0 Å². The molecule has 0 bridgehead atoms. The minimum Gasteiger partial charge on any atom is -0.482 e. The zero-order valence-electron chi connectivity index (χ0n) is 15.8. The summed E-state index contributed by atoms with van der Waals surface area (Å²) in [5.74, 6) is -0.0356. The molecule has 2 amide bonds. The lowest BCUT2D eigenvalue weighted by molar-refractivity contribution is -0.384. The zero-order valence-corrected chi connectivity index (χ0v) is 15.8. The van der Waals surface area contributed by atoms with Crippen LogP contribution in [0.25, 0.3) is 0 Å². The minimum absolute atomic E-state index is 0.0473. The maximum Gasteiger partial charge on any atom is 0.269 e. The number of nitrogens with one attached hydrogen (secondary N) is 1. The Morgan fingerprint density at radius 2 is 1.80 bits per heavy atom. The predicted molar refractivity (Wildman–Crippen MR) is 111 cm³/mol. The van der Waals surface area contributed by atoms with E-state index < -0.39 is 10.8 Å². The topological polar surface area (TPSA) is 102 Å². The van der Waals surface area contributed by atoms with E-state index in [4.69, 9.17) is 4.74 Å². The lowest BCUT2D eigenvalue weighted by atomic mass is 10.1. The lowest BCUT2D eigenvalue weighted by Gasteiger charge is -2.30. The highest BCUT2D eigenvalue weighted by Crippen LogP contribution is 2.35. The molecule has 3 aromatic carbocycles. The average Bonchev–Trinajstić information content (AvgIpc) is 2.76. The third kappa shape index (κ3) is 3.97. The van der Waals surface area contributed by atoms with Crippen molar-refractivity contribution in [3.8, 4) is 5.75 Å². The molecule has 0 aliphatic carbocycles. The van der Waals surface area contributed by atoms with E-state index in [1.165, 1.54) is 24.3 Å². The number of nitrogens with zero attached hydrogens (tertiary/aromatic N) is 2. The number of nitro groups is 1. The molecule has 0 aromatic heterocycles. The highest BCUT2D eigenvalue weighted by atomic mass is 16.6. The van der Waals surface area contributed by atoms with Crippen molar-refractivity contribution in [3.05, 3.63) is 94.0 Å². The molecule has 0 atom stereocenters. The molecule has 0 radical (unpaired) electrons. The van der Waals surface area contributed by atoms with Crippen molar-refractivity contribution in [1.82, 2.24) is 0 Å². The van der Waals surface area contributed by atoms with Gasteiger partial charge in [0.15, 0.2) is 6.61 Å². The summed E-state index contributed by atoms with van der Waals surface area (Å²) in [7, 11) is 0. The van der Waals surface area contributed by atoms with E-state index in [1.54, 1.807) is 23.1 Å². The Morgan fingerprint density at radius 3 is 2.50 bits per heavy atom. The van der Waals surface area contributed by atoms with Crippen LogP contribution >= 0.6 is 0 Å². The van der Waals surface area contributed by atoms with E-state index >= 15 is 0 Å². The van der Waals surface area contributed by atoms with Crippen LogP contribution < -0.4 is 15.0 Å². The number of rotatable bonds is 5. The molecule has 4 rings (SSSR count). The van der Waals surface area contributed by atoms with E-state index in [0.717, 1.165) is 5.56 Å². The van der Waals surface area contributed by atoms with Gasteiger partial charge in [0.25, 0.3) is 17.5 Å². The average molecular weight is 403 g/mol. The number of carbonyl (C=O) groups excluding carboxylic acids is 2. The van der Waals surface area contributed by atoms with Crippen molar-refractivity contribution < 1.29 is 19.2 Å². The van der Waals surface area contributed by atoms with Gasteiger partial charge in [0, 0.05) is 23.4 Å². The fourth-order valence-corrected chi connectivity index (χ4v) is 3.16. The number of amides is 2. The number of benzene rings is 3. The largest absolute Gasteiger partial charge is 0.482 e. The van der Waals surface area contributed by atoms with Crippen molar-refractivity contribution in [3.63, 3.8) is 0 Å². The number of carbonyl (C=O) groups is 2. The third-order valence-electron chi connectivity index (χ3n) is 4.68. The summed E-state index contributed by atoms with van der Waals surface area (Å²) in [5, 5.41) is 13.5. The van der Waals surface area contributed by atoms with Gasteiger partial charge in [-0.1, -0.05) is 30.3 Å². The minimum atomic E-state index is -0.524. The van der Waals surface area contributed by atoms with Crippen LogP contribution in [0.2, 0.25) is 0 Å². The molecule has 1 aliphatic rings. The van der Waals surface area contributed by atoms with Gasteiger partial charge in [-0.3, -0.25) is 19.7 Å². The van der Waals surface area contributed by atoms with Crippen LogP contribution in [0.3, 0.4) is 0 Å². The number of nitro benzene ring substituents is 1. The molecule has 0 saturated carbocycles. The molecule has 1 heterocycles. The van der Waals surface area contributed by atoms with Crippen molar-refractivity contribution >= 4 is 28.9 Å². The summed E-state index contributed by atoms with van der Waals surface area (Å²) in [5.41, 5.74) is 2.21. The fourth-order valence-electron chi connectivity index (χ4n) is 3.16. The number of hydrogen-bond acceptors (Lipinski definition) is 5. The van der Waals surface area contributed by atoms with Gasteiger partial charge < -0.3 is 15.0 Å². The van der Waals surface area contributed by atoms with Crippen LogP contribution in [0, 0.1) is 10.1 Å². The van der Waals surface area contributed by atoms with E-state index in [0.29, 0.717) is 23.7 Å². The Hall–Kier alpha value is -4.20. The summed E-state index contributed by atoms with van der Waals surface area (Å²) in [6, 6.07) is 20.0. The van der Waals surface area contributed by atoms with E-state index in [-0.39, 0.29) is 23.8 Å². The third-order valence-corrected chi connectivity index (χ3v) is 4.68. The normalized spacial score (nSPS) is 12.7. The number of non-ortho nitro benzene ring substituents is 1. The molecular weight excluding hydrogens is 386 g/mol. The highest BCUT2D eigenvalue weighted by Gasteiger charge is 2.26. The van der Waals surface area contributed by atoms with Gasteiger partial charge in [0.1, 0.15) is 5.75 Å². The molecule has 1 N–H and O–H groups in total. The summed E-state index contributed by atoms with van der Waals surface area (Å²) < 4.78 is 5.52. The maximum absolute atomic E-state index is 12.5. The number of fused-ring (bicyclic) bond motifs is 1. The van der Waals surface area contributed by atoms with E-state index in [1.807, 2.05) is 30.3 Å². The summed E-state index contributed by atoms with van der Waals surface area (Å²) in [6.45, 7) is 0.337. The number of ether oxygens (including phenoxy) is 1. The van der Waals surface area contributed by atoms with Crippen LogP contribution in [-0.4, -0.2) is 23.3 Å². The molecule has 1 aliphatic heterocycles. The zero-order chi connectivity index (χ0) is 21.1. The van der Waals surface area contributed by atoms with Crippen molar-refractivity contribution in [2.45, 2.75) is 6.54 Å². The number of hydrogen-bond donors (Lipinski definition) is 1. The molecular formula is C22H17N3O5. The molecule has 8 heteroatoms. The van der Waals surface area contributed by atoms with Gasteiger partial charge >= 0.3 is 0 Å². The first-order valence-electron chi connectivity index (χ1n) is 9.18. The van der Waals surface area contributed by atoms with Gasteiger partial charge in [0.05, 0.1) is 17.2 Å². The van der Waals surface area contributed by atoms with E-state index in [2.05, 4.69) is 5.32 Å². The highest BCUT2D eigenvalue weighted by molar-refractivity contribution is 6.05. The smallest absolute Gasteiger partial charge is 0.269 e. The Morgan fingerprint density at radius 1 is 1.07 bits per heavy atom. The second-order valence-electron chi connectivity index (χ2n) is 6.69. The Balaban J connectivity index is 1.57. The maximum atomic E-state index is 12.5. The molecule has 150 valence electrons. The Labute approximate surface area is 171 Å². The van der Waals surface area contributed by atoms with Crippen LogP contribution in [-0.2, 0) is 11.3 Å². The molecule has 0 spiro atoms.